The van der Waals surface area contributed by atoms with Crippen LogP contribution in [0.15, 0.2) is 18.3 Å². The molecule has 1 aliphatic rings. The summed E-state index contributed by atoms with van der Waals surface area (Å²) < 4.78 is 0. The van der Waals surface area contributed by atoms with Crippen LogP contribution in [0, 0.1) is 16.7 Å². The zero-order valence-electron chi connectivity index (χ0n) is 11.2. The van der Waals surface area contributed by atoms with Gasteiger partial charge in [0.15, 0.2) is 0 Å². The van der Waals surface area contributed by atoms with Crippen LogP contribution in [-0.4, -0.2) is 11.0 Å². The minimum atomic E-state index is 0.378. The fraction of sp³-hybridized carbons (Fsp3) is 0.600. The van der Waals surface area contributed by atoms with Gasteiger partial charge in [0.25, 0.3) is 0 Å². The summed E-state index contributed by atoms with van der Waals surface area (Å²) in [6.07, 6.45) is 6.93. The maximum atomic E-state index is 8.83. The summed E-state index contributed by atoms with van der Waals surface area (Å²) >= 11 is 0. The van der Waals surface area contributed by atoms with Crippen molar-refractivity contribution < 1.29 is 0 Å². The van der Waals surface area contributed by atoms with E-state index in [0.29, 0.717) is 17.2 Å². The van der Waals surface area contributed by atoms with Crippen molar-refractivity contribution in [3.8, 4) is 6.07 Å². The van der Waals surface area contributed by atoms with Crippen LogP contribution in [0.4, 0.5) is 0 Å². The Morgan fingerprint density at radius 1 is 1.50 bits per heavy atom. The highest BCUT2D eigenvalue weighted by Crippen LogP contribution is 2.35. The lowest BCUT2D eigenvalue weighted by Gasteiger charge is -2.39. The lowest BCUT2D eigenvalue weighted by Crippen LogP contribution is -2.43. The van der Waals surface area contributed by atoms with Crippen molar-refractivity contribution in [3.63, 3.8) is 0 Å². The number of rotatable bonds is 3. The van der Waals surface area contributed by atoms with E-state index in [-0.39, 0.29) is 0 Å². The van der Waals surface area contributed by atoms with E-state index in [1.54, 1.807) is 6.20 Å². The zero-order valence-corrected chi connectivity index (χ0v) is 11.2. The predicted octanol–water partition coefficient (Wildman–Crippen LogP) is 3.01. The van der Waals surface area contributed by atoms with Gasteiger partial charge in [-0.2, -0.15) is 5.26 Å². The van der Waals surface area contributed by atoms with Gasteiger partial charge in [0.1, 0.15) is 11.8 Å². The number of hydrogen-bond donors (Lipinski definition) is 1. The molecule has 0 bridgehead atoms. The monoisotopic (exact) mass is 243 g/mol. The molecule has 96 valence electrons. The standard InChI is InChI=1S/C15H21N3/c1-15(2)7-4-3-5-14(15)18-11-12-6-8-17-13(9-12)10-16/h6,8-9,14,18H,3-5,7,11H2,1-2H3. The van der Waals surface area contributed by atoms with E-state index < -0.39 is 0 Å². The molecule has 1 aromatic rings. The highest BCUT2D eigenvalue weighted by atomic mass is 14.9. The van der Waals surface area contributed by atoms with Crippen molar-refractivity contribution in [2.24, 2.45) is 5.41 Å². The number of nitrogens with zero attached hydrogens (tertiary/aromatic N) is 2. The van der Waals surface area contributed by atoms with Gasteiger partial charge in [0.2, 0.25) is 0 Å². The largest absolute Gasteiger partial charge is 0.309 e. The van der Waals surface area contributed by atoms with Crippen LogP contribution < -0.4 is 5.32 Å². The van der Waals surface area contributed by atoms with Gasteiger partial charge in [0.05, 0.1) is 0 Å². The molecule has 1 saturated carbocycles. The van der Waals surface area contributed by atoms with Crippen LogP contribution >= 0.6 is 0 Å². The van der Waals surface area contributed by atoms with Gasteiger partial charge in [0, 0.05) is 18.8 Å². The van der Waals surface area contributed by atoms with Crippen molar-refractivity contribution in [2.45, 2.75) is 52.1 Å². The molecular weight excluding hydrogens is 222 g/mol. The first-order chi connectivity index (χ1) is 8.62. The topological polar surface area (TPSA) is 48.7 Å². The van der Waals surface area contributed by atoms with E-state index in [1.165, 1.54) is 25.7 Å². The molecule has 1 heterocycles. The molecule has 0 spiro atoms. The van der Waals surface area contributed by atoms with Crippen LogP contribution in [0.1, 0.15) is 50.8 Å². The molecule has 0 aliphatic heterocycles. The Morgan fingerprint density at radius 2 is 2.33 bits per heavy atom. The second-order valence-electron chi connectivity index (χ2n) is 5.83. The lowest BCUT2D eigenvalue weighted by molar-refractivity contribution is 0.167. The summed E-state index contributed by atoms with van der Waals surface area (Å²) in [6.45, 7) is 5.51. The average Bonchev–Trinajstić information content (AvgIpc) is 2.37. The molecule has 0 radical (unpaired) electrons. The van der Waals surface area contributed by atoms with Gasteiger partial charge in [-0.15, -0.1) is 0 Å². The molecule has 1 aliphatic carbocycles. The third-order valence-electron chi connectivity index (χ3n) is 4.00. The second-order valence-corrected chi connectivity index (χ2v) is 5.83. The molecule has 2 rings (SSSR count). The normalized spacial score (nSPS) is 22.4. The number of aromatic nitrogens is 1. The number of pyridine rings is 1. The highest BCUT2D eigenvalue weighted by Gasteiger charge is 2.31. The molecule has 1 atom stereocenters. The quantitative estimate of drug-likeness (QED) is 0.887. The van der Waals surface area contributed by atoms with Crippen molar-refractivity contribution in [3.05, 3.63) is 29.6 Å². The smallest absolute Gasteiger partial charge is 0.140 e. The molecule has 3 nitrogen and oxygen atoms in total. The Balaban J connectivity index is 1.96. The average molecular weight is 243 g/mol. The van der Waals surface area contributed by atoms with Crippen LogP contribution in [-0.2, 0) is 6.54 Å². The Bertz CT molecular complexity index is 445. The summed E-state index contributed by atoms with van der Waals surface area (Å²) in [7, 11) is 0. The molecule has 1 fully saturated rings. The Kier molecular flexibility index (Phi) is 3.98. The summed E-state index contributed by atoms with van der Waals surface area (Å²) in [6, 6.07) is 6.50. The minimum absolute atomic E-state index is 0.378. The third-order valence-corrected chi connectivity index (χ3v) is 4.00. The molecule has 0 aromatic carbocycles. The second kappa shape index (κ2) is 5.49. The number of hydrogen-bond acceptors (Lipinski definition) is 3. The van der Waals surface area contributed by atoms with Gasteiger partial charge in [-0.3, -0.25) is 0 Å². The fourth-order valence-corrected chi connectivity index (χ4v) is 2.76. The van der Waals surface area contributed by atoms with Gasteiger partial charge >= 0.3 is 0 Å². The van der Waals surface area contributed by atoms with E-state index in [0.717, 1.165) is 12.1 Å². The molecule has 1 N–H and O–H groups in total. The van der Waals surface area contributed by atoms with Gasteiger partial charge < -0.3 is 5.32 Å². The van der Waals surface area contributed by atoms with Crippen molar-refractivity contribution in [2.75, 3.05) is 0 Å². The molecule has 18 heavy (non-hydrogen) atoms. The van der Waals surface area contributed by atoms with Crippen LogP contribution in [0.2, 0.25) is 0 Å². The molecule has 0 amide bonds. The van der Waals surface area contributed by atoms with E-state index in [9.17, 15) is 0 Å². The SMILES string of the molecule is CC1(C)CCCCC1NCc1ccnc(C#N)c1. The Labute approximate surface area is 109 Å². The van der Waals surface area contributed by atoms with E-state index >= 15 is 0 Å². The zero-order chi connectivity index (χ0) is 13.0. The summed E-state index contributed by atoms with van der Waals surface area (Å²) in [4.78, 5) is 3.99. The first kappa shape index (κ1) is 13.0. The Hall–Kier alpha value is -1.40. The molecule has 1 aromatic heterocycles. The van der Waals surface area contributed by atoms with Crippen molar-refractivity contribution >= 4 is 0 Å². The highest BCUT2D eigenvalue weighted by molar-refractivity contribution is 5.25. The number of nitriles is 1. The molecular formula is C15H21N3. The summed E-state index contributed by atoms with van der Waals surface area (Å²) in [5.74, 6) is 0. The predicted molar refractivity (Wildman–Crippen MR) is 71.8 cm³/mol. The van der Waals surface area contributed by atoms with E-state index in [4.69, 9.17) is 5.26 Å². The van der Waals surface area contributed by atoms with E-state index in [1.807, 2.05) is 12.1 Å². The fourth-order valence-electron chi connectivity index (χ4n) is 2.76. The first-order valence-electron chi connectivity index (χ1n) is 6.70. The molecule has 3 heteroatoms. The molecule has 0 saturated heterocycles. The summed E-state index contributed by atoms with van der Waals surface area (Å²) in [5.41, 5.74) is 2.02. The Morgan fingerprint density at radius 3 is 3.06 bits per heavy atom. The van der Waals surface area contributed by atoms with Crippen molar-refractivity contribution in [1.82, 2.24) is 10.3 Å². The van der Waals surface area contributed by atoms with Gasteiger partial charge in [-0.25, -0.2) is 4.98 Å². The van der Waals surface area contributed by atoms with E-state index in [2.05, 4.69) is 30.2 Å². The minimum Gasteiger partial charge on any atom is -0.309 e. The van der Waals surface area contributed by atoms with Gasteiger partial charge in [-0.05, 0) is 36.0 Å². The number of nitrogens with one attached hydrogen (secondary N) is 1. The van der Waals surface area contributed by atoms with Crippen molar-refractivity contribution in [1.29, 1.82) is 5.26 Å². The van der Waals surface area contributed by atoms with Crippen LogP contribution in [0.25, 0.3) is 0 Å². The van der Waals surface area contributed by atoms with Crippen LogP contribution in [0.5, 0.6) is 0 Å². The lowest BCUT2D eigenvalue weighted by atomic mass is 9.73. The summed E-state index contributed by atoms with van der Waals surface area (Å²) in [5, 5.41) is 12.5. The van der Waals surface area contributed by atoms with Gasteiger partial charge in [-0.1, -0.05) is 26.7 Å². The van der Waals surface area contributed by atoms with Crippen LogP contribution in [0.3, 0.4) is 0 Å². The maximum absolute atomic E-state index is 8.83. The first-order valence-corrected chi connectivity index (χ1v) is 6.70. The maximum Gasteiger partial charge on any atom is 0.140 e. The third kappa shape index (κ3) is 3.08. The molecule has 1 unspecified atom stereocenters.